The van der Waals surface area contributed by atoms with Gasteiger partial charge in [-0.1, -0.05) is 167 Å². The van der Waals surface area contributed by atoms with Gasteiger partial charge in [-0.25, -0.2) is 0 Å². The summed E-state index contributed by atoms with van der Waals surface area (Å²) < 4.78 is 2.51. The molecule has 3 aliphatic carbocycles. The van der Waals surface area contributed by atoms with Gasteiger partial charge in [0.25, 0.3) is 0 Å². The average Bonchev–Trinajstić information content (AvgIpc) is 3.80. The van der Waals surface area contributed by atoms with Gasteiger partial charge in [-0.2, -0.15) is 0 Å². The molecule has 2 unspecified atom stereocenters. The van der Waals surface area contributed by atoms with Gasteiger partial charge < -0.3 is 9.47 Å². The van der Waals surface area contributed by atoms with Crippen molar-refractivity contribution in [3.05, 3.63) is 221 Å². The second-order valence-electron chi connectivity index (χ2n) is 17.4. The molecule has 0 spiro atoms. The van der Waals surface area contributed by atoms with Crippen molar-refractivity contribution in [3.63, 3.8) is 0 Å². The highest BCUT2D eigenvalue weighted by Gasteiger charge is 2.47. The Morgan fingerprint density at radius 2 is 1.21 bits per heavy atom. The maximum atomic E-state index is 2.54. The Balaban J connectivity index is 0.923. The van der Waals surface area contributed by atoms with Gasteiger partial charge in [0, 0.05) is 44.9 Å². The number of rotatable bonds is 6. The van der Waals surface area contributed by atoms with Crippen molar-refractivity contribution < 1.29 is 0 Å². The third-order valence-electron chi connectivity index (χ3n) is 13.4. The van der Waals surface area contributed by atoms with Gasteiger partial charge >= 0.3 is 0 Å². The molecule has 11 rings (SSSR count). The van der Waals surface area contributed by atoms with Crippen LogP contribution < -0.4 is 4.90 Å². The van der Waals surface area contributed by atoms with E-state index in [1.165, 1.54) is 77.7 Å². The van der Waals surface area contributed by atoms with E-state index in [1.54, 1.807) is 0 Å². The van der Waals surface area contributed by atoms with Crippen LogP contribution in [0.1, 0.15) is 61.4 Å². The molecule has 0 fully saturated rings. The molecule has 0 saturated carbocycles. The number of hydrogen-bond donors (Lipinski definition) is 0. The van der Waals surface area contributed by atoms with Gasteiger partial charge in [-0.3, -0.25) is 0 Å². The van der Waals surface area contributed by atoms with Gasteiger partial charge in [0.05, 0.1) is 11.0 Å². The minimum Gasteiger partial charge on any atom is -0.310 e. The molecule has 0 aliphatic heterocycles. The Bertz CT molecular complexity index is 2960. The highest BCUT2D eigenvalue weighted by Crippen LogP contribution is 2.57. The first-order valence-corrected chi connectivity index (χ1v) is 20.7. The van der Waals surface area contributed by atoms with Crippen LogP contribution in [0.4, 0.5) is 17.1 Å². The maximum absolute atomic E-state index is 2.54. The second-order valence-corrected chi connectivity index (χ2v) is 17.4. The summed E-state index contributed by atoms with van der Waals surface area (Å²) in [7, 11) is 0. The van der Waals surface area contributed by atoms with Crippen molar-refractivity contribution in [1.82, 2.24) is 4.57 Å². The monoisotopic (exact) mass is 746 g/mol. The minimum absolute atomic E-state index is 0.0664. The first-order valence-electron chi connectivity index (χ1n) is 20.7. The number of anilines is 3. The topological polar surface area (TPSA) is 8.17 Å². The van der Waals surface area contributed by atoms with Gasteiger partial charge in [-0.05, 0) is 110 Å². The number of fused-ring (bicyclic) bond motifs is 10. The number of nitrogens with zero attached hydrogens (tertiary/aromatic N) is 2. The van der Waals surface area contributed by atoms with Crippen molar-refractivity contribution in [1.29, 1.82) is 0 Å². The molecule has 1 heterocycles. The number of para-hydroxylation sites is 4. The summed E-state index contributed by atoms with van der Waals surface area (Å²) in [6, 6.07) is 60.0. The van der Waals surface area contributed by atoms with E-state index < -0.39 is 0 Å². The van der Waals surface area contributed by atoms with E-state index in [9.17, 15) is 0 Å². The average molecular weight is 747 g/mol. The molecule has 2 nitrogen and oxygen atoms in total. The van der Waals surface area contributed by atoms with Crippen molar-refractivity contribution in [2.24, 2.45) is 5.92 Å². The predicted octanol–water partition coefficient (Wildman–Crippen LogP) is 14.8. The number of aromatic nitrogens is 1. The van der Waals surface area contributed by atoms with Crippen LogP contribution in [0, 0.1) is 5.92 Å². The van der Waals surface area contributed by atoms with E-state index in [0.29, 0.717) is 11.8 Å². The van der Waals surface area contributed by atoms with Gasteiger partial charge in [0.2, 0.25) is 0 Å². The first kappa shape index (κ1) is 34.6. The quantitative estimate of drug-likeness (QED) is 0.164. The predicted molar refractivity (Wildman–Crippen MR) is 245 cm³/mol. The first-order chi connectivity index (χ1) is 28.3. The van der Waals surface area contributed by atoms with Crippen LogP contribution in [0.5, 0.6) is 0 Å². The molecule has 0 saturated heterocycles. The van der Waals surface area contributed by atoms with Crippen LogP contribution in [0.15, 0.2) is 194 Å². The number of hydrogen-bond acceptors (Lipinski definition) is 1. The van der Waals surface area contributed by atoms with Gasteiger partial charge in [0.15, 0.2) is 0 Å². The molecule has 0 amide bonds. The van der Waals surface area contributed by atoms with E-state index in [-0.39, 0.29) is 10.8 Å². The summed E-state index contributed by atoms with van der Waals surface area (Å²) in [5, 5.41) is 2.65. The molecule has 0 N–H and O–H groups in total. The van der Waals surface area contributed by atoms with Crippen LogP contribution in [-0.2, 0) is 10.8 Å². The molecule has 2 atom stereocenters. The molecule has 2 heteroatoms. The van der Waals surface area contributed by atoms with Crippen molar-refractivity contribution >= 4 is 44.9 Å². The Kier molecular flexibility index (Phi) is 7.72. The Labute approximate surface area is 341 Å². The van der Waals surface area contributed by atoms with Crippen LogP contribution in [0.2, 0.25) is 0 Å². The molecule has 58 heavy (non-hydrogen) atoms. The lowest BCUT2D eigenvalue weighted by molar-refractivity contribution is 0.394. The molecule has 7 aromatic carbocycles. The fourth-order valence-corrected chi connectivity index (χ4v) is 10.6. The van der Waals surface area contributed by atoms with E-state index in [4.69, 9.17) is 0 Å². The van der Waals surface area contributed by atoms with E-state index in [2.05, 4.69) is 231 Å². The van der Waals surface area contributed by atoms with Crippen molar-refractivity contribution in [2.45, 2.75) is 44.4 Å². The van der Waals surface area contributed by atoms with E-state index in [0.717, 1.165) is 11.4 Å². The summed E-state index contributed by atoms with van der Waals surface area (Å²) >= 11 is 0. The lowest BCUT2D eigenvalue weighted by atomic mass is 9.73. The summed E-state index contributed by atoms with van der Waals surface area (Å²) in [6.07, 6.45) is 12.0. The maximum Gasteiger partial charge on any atom is 0.0581 e. The highest BCUT2D eigenvalue weighted by atomic mass is 15.1. The normalized spacial score (nSPS) is 18.2. The molecule has 0 bridgehead atoms. The molecule has 3 aliphatic rings. The largest absolute Gasteiger partial charge is 0.310 e. The zero-order chi connectivity index (χ0) is 39.2. The summed E-state index contributed by atoms with van der Waals surface area (Å²) in [5.74, 6) is 0.701. The van der Waals surface area contributed by atoms with Crippen LogP contribution in [0.25, 0.3) is 44.7 Å². The Morgan fingerprint density at radius 3 is 1.93 bits per heavy atom. The number of benzene rings is 7. The molecular formula is C56H46N2. The fraction of sp³-hybridized carbons (Fsp3) is 0.143. The standard InChI is InChI=1S/C56H46N2/c1-55(2)49-34-37(26-29-43(49)44-31-28-42(36-51(44)55)57(39-16-8-5-9-17-39)40-18-10-6-11-19-40)24-25-38-27-30-45-47-32-33-48-46-22-14-15-23-52(46)58(41-20-12-7-13-21-41)54(48)53(47)56(3,4)50(45)35-38/h5-36,45,50H,1-4H3. The minimum atomic E-state index is -0.145. The Morgan fingerprint density at radius 1 is 0.569 bits per heavy atom. The van der Waals surface area contributed by atoms with E-state index in [1.807, 2.05) is 0 Å². The third-order valence-corrected chi connectivity index (χ3v) is 13.4. The van der Waals surface area contributed by atoms with Crippen LogP contribution >= 0.6 is 0 Å². The Hall–Kier alpha value is -6.64. The lowest BCUT2D eigenvalue weighted by Crippen LogP contribution is -2.25. The zero-order valence-corrected chi connectivity index (χ0v) is 33.5. The molecule has 8 aromatic rings. The van der Waals surface area contributed by atoms with Crippen molar-refractivity contribution in [3.8, 4) is 16.8 Å². The van der Waals surface area contributed by atoms with Crippen LogP contribution in [0.3, 0.4) is 0 Å². The van der Waals surface area contributed by atoms with Crippen LogP contribution in [-0.4, -0.2) is 4.57 Å². The zero-order valence-electron chi connectivity index (χ0n) is 33.5. The van der Waals surface area contributed by atoms with E-state index >= 15 is 0 Å². The van der Waals surface area contributed by atoms with Crippen molar-refractivity contribution in [2.75, 3.05) is 4.90 Å². The van der Waals surface area contributed by atoms with Gasteiger partial charge in [0.1, 0.15) is 0 Å². The van der Waals surface area contributed by atoms with Gasteiger partial charge in [-0.15, -0.1) is 0 Å². The summed E-state index contributed by atoms with van der Waals surface area (Å²) in [6.45, 7) is 9.69. The molecule has 0 radical (unpaired) electrons. The molecule has 1 aromatic heterocycles. The summed E-state index contributed by atoms with van der Waals surface area (Å²) in [5.41, 5.74) is 17.9. The number of allylic oxidation sites excluding steroid dienone is 5. The smallest absolute Gasteiger partial charge is 0.0581 e. The second kappa shape index (κ2) is 12.9. The molecular weight excluding hydrogens is 701 g/mol. The fourth-order valence-electron chi connectivity index (χ4n) is 10.6. The third kappa shape index (κ3) is 5.17. The SMILES string of the molecule is CC1(C)c2cc(C=CC3=CC4C(C=C3)c3ccc5c6ccccc6n(-c6ccccc6)c5c3C4(C)C)ccc2-c2ccc(N(c3ccccc3)c3ccccc3)cc21. The molecule has 280 valence electrons. The highest BCUT2D eigenvalue weighted by molar-refractivity contribution is 6.11. The lowest BCUT2D eigenvalue weighted by Gasteiger charge is -2.31. The summed E-state index contributed by atoms with van der Waals surface area (Å²) in [4.78, 5) is 2.36.